The maximum atomic E-state index is 11.2. The number of amides is 1. The lowest BCUT2D eigenvalue weighted by Gasteiger charge is -2.11. The Balaban J connectivity index is 2.35. The van der Waals surface area contributed by atoms with Crippen molar-refractivity contribution in [1.82, 2.24) is 4.90 Å². The predicted octanol–water partition coefficient (Wildman–Crippen LogP) is 1.86. The van der Waals surface area contributed by atoms with Gasteiger partial charge in [-0.05, 0) is 23.6 Å². The minimum absolute atomic E-state index is 0.163. The second-order valence-electron chi connectivity index (χ2n) is 3.59. The van der Waals surface area contributed by atoms with Crippen molar-refractivity contribution in [2.24, 2.45) is 0 Å². The molecule has 1 aromatic rings. The second kappa shape index (κ2) is 2.87. The average molecular weight is 175 g/mol. The monoisotopic (exact) mass is 175 g/mol. The highest BCUT2D eigenvalue weighted by molar-refractivity contribution is 5.74. The van der Waals surface area contributed by atoms with Crippen LogP contribution in [0.3, 0.4) is 0 Å². The highest BCUT2D eigenvalue weighted by Crippen LogP contribution is 2.25. The van der Waals surface area contributed by atoms with Crippen LogP contribution in [-0.2, 0) is 17.9 Å². The highest BCUT2D eigenvalue weighted by Gasteiger charge is 2.21. The third-order valence-corrected chi connectivity index (χ3v) is 2.66. The number of hydrogen-bond donors (Lipinski definition) is 0. The molecule has 1 aliphatic heterocycles. The number of carbonyl (C=O) groups excluding carboxylic acids is 1. The molecule has 2 rings (SSSR count). The summed E-state index contributed by atoms with van der Waals surface area (Å²) >= 11 is 0. The molecule has 68 valence electrons. The Morgan fingerprint density at radius 3 is 2.77 bits per heavy atom. The van der Waals surface area contributed by atoms with E-state index >= 15 is 0 Å². The van der Waals surface area contributed by atoms with Crippen molar-refractivity contribution in [2.45, 2.75) is 26.9 Å². The smallest absolute Gasteiger partial charge is 0.220 e. The van der Waals surface area contributed by atoms with Crippen molar-refractivity contribution in [3.8, 4) is 0 Å². The van der Waals surface area contributed by atoms with Crippen molar-refractivity contribution < 1.29 is 4.79 Å². The summed E-state index contributed by atoms with van der Waals surface area (Å²) < 4.78 is 0. The van der Waals surface area contributed by atoms with Crippen LogP contribution in [0.4, 0.5) is 0 Å². The van der Waals surface area contributed by atoms with E-state index in [-0.39, 0.29) is 5.91 Å². The van der Waals surface area contributed by atoms with Gasteiger partial charge in [-0.2, -0.15) is 0 Å². The van der Waals surface area contributed by atoms with E-state index in [2.05, 4.69) is 25.1 Å². The van der Waals surface area contributed by atoms with Gasteiger partial charge in [-0.1, -0.05) is 18.2 Å². The number of nitrogens with zero attached hydrogens (tertiary/aromatic N) is 1. The van der Waals surface area contributed by atoms with E-state index in [9.17, 15) is 4.79 Å². The molecule has 0 atom stereocenters. The van der Waals surface area contributed by atoms with E-state index in [4.69, 9.17) is 0 Å². The lowest BCUT2D eigenvalue weighted by molar-refractivity contribution is -0.129. The Hall–Kier alpha value is -1.31. The molecule has 13 heavy (non-hydrogen) atoms. The molecular weight excluding hydrogens is 162 g/mol. The van der Waals surface area contributed by atoms with Gasteiger partial charge in [-0.15, -0.1) is 0 Å². The molecule has 1 aromatic carbocycles. The van der Waals surface area contributed by atoms with E-state index in [1.54, 1.807) is 6.92 Å². The molecule has 1 amide bonds. The normalized spacial score (nSPS) is 14.5. The minimum atomic E-state index is 0.163. The molecule has 0 unspecified atom stereocenters. The summed E-state index contributed by atoms with van der Waals surface area (Å²) in [5.41, 5.74) is 3.93. The van der Waals surface area contributed by atoms with E-state index in [0.29, 0.717) is 0 Å². The van der Waals surface area contributed by atoms with Gasteiger partial charge in [0.15, 0.2) is 0 Å². The van der Waals surface area contributed by atoms with Crippen LogP contribution in [0.1, 0.15) is 23.6 Å². The summed E-state index contributed by atoms with van der Waals surface area (Å²) in [5.74, 6) is 0.163. The Kier molecular flexibility index (Phi) is 1.83. The van der Waals surface area contributed by atoms with Crippen molar-refractivity contribution in [3.05, 3.63) is 34.9 Å². The van der Waals surface area contributed by atoms with Gasteiger partial charge in [-0.3, -0.25) is 4.79 Å². The van der Waals surface area contributed by atoms with E-state index in [1.807, 2.05) is 4.90 Å². The maximum absolute atomic E-state index is 11.2. The minimum Gasteiger partial charge on any atom is -0.334 e. The number of carbonyl (C=O) groups is 1. The van der Waals surface area contributed by atoms with Crippen LogP contribution in [0.5, 0.6) is 0 Å². The largest absolute Gasteiger partial charge is 0.334 e. The summed E-state index contributed by atoms with van der Waals surface area (Å²) in [6.07, 6.45) is 0. The Morgan fingerprint density at radius 2 is 2.15 bits per heavy atom. The van der Waals surface area contributed by atoms with Gasteiger partial charge in [-0.25, -0.2) is 0 Å². The van der Waals surface area contributed by atoms with E-state index in [1.165, 1.54) is 16.7 Å². The molecule has 0 fully saturated rings. The van der Waals surface area contributed by atoms with Gasteiger partial charge in [0.25, 0.3) is 0 Å². The molecule has 0 bridgehead atoms. The molecule has 2 nitrogen and oxygen atoms in total. The molecular formula is C11H13NO. The molecule has 0 radical (unpaired) electrons. The molecule has 0 saturated carbocycles. The fourth-order valence-corrected chi connectivity index (χ4v) is 1.81. The summed E-state index contributed by atoms with van der Waals surface area (Å²) in [7, 11) is 0. The number of fused-ring (bicyclic) bond motifs is 1. The van der Waals surface area contributed by atoms with Gasteiger partial charge < -0.3 is 4.90 Å². The van der Waals surface area contributed by atoms with Crippen LogP contribution in [-0.4, -0.2) is 10.8 Å². The fraction of sp³-hybridized carbons (Fsp3) is 0.364. The van der Waals surface area contributed by atoms with Crippen molar-refractivity contribution >= 4 is 5.91 Å². The first-order valence-corrected chi connectivity index (χ1v) is 4.51. The molecule has 1 heterocycles. The van der Waals surface area contributed by atoms with Crippen LogP contribution in [0.15, 0.2) is 18.2 Å². The number of rotatable bonds is 0. The van der Waals surface area contributed by atoms with Crippen LogP contribution >= 0.6 is 0 Å². The molecule has 0 spiro atoms. The molecule has 0 saturated heterocycles. The lowest BCUT2D eigenvalue weighted by atomic mass is 10.1. The first kappa shape index (κ1) is 8.30. The summed E-state index contributed by atoms with van der Waals surface area (Å²) in [5, 5.41) is 0. The third-order valence-electron chi connectivity index (χ3n) is 2.66. The van der Waals surface area contributed by atoms with Gasteiger partial charge in [0.1, 0.15) is 0 Å². The predicted molar refractivity (Wildman–Crippen MR) is 51.1 cm³/mol. The molecule has 2 heteroatoms. The maximum Gasteiger partial charge on any atom is 0.220 e. The number of benzene rings is 1. The first-order chi connectivity index (χ1) is 6.18. The number of hydrogen-bond acceptors (Lipinski definition) is 1. The van der Waals surface area contributed by atoms with Gasteiger partial charge >= 0.3 is 0 Å². The number of aryl methyl sites for hydroxylation is 1. The Labute approximate surface area is 78.2 Å². The molecule has 0 aliphatic carbocycles. The van der Waals surface area contributed by atoms with E-state index < -0.39 is 0 Å². The molecule has 0 aromatic heterocycles. The van der Waals surface area contributed by atoms with Crippen LogP contribution < -0.4 is 0 Å². The second-order valence-corrected chi connectivity index (χ2v) is 3.59. The standard InChI is InChI=1S/C11H13NO/c1-8-4-3-5-10-6-12(9(2)13)7-11(8)10/h3-5H,6-7H2,1-2H3. The summed E-state index contributed by atoms with van der Waals surface area (Å²) in [6.45, 7) is 5.30. The highest BCUT2D eigenvalue weighted by atomic mass is 16.2. The quantitative estimate of drug-likeness (QED) is 0.589. The zero-order valence-corrected chi connectivity index (χ0v) is 8.00. The van der Waals surface area contributed by atoms with Crippen molar-refractivity contribution in [3.63, 3.8) is 0 Å². The van der Waals surface area contributed by atoms with Crippen LogP contribution in [0, 0.1) is 6.92 Å². The van der Waals surface area contributed by atoms with E-state index in [0.717, 1.165) is 13.1 Å². The zero-order chi connectivity index (χ0) is 9.42. The molecule has 1 aliphatic rings. The zero-order valence-electron chi connectivity index (χ0n) is 8.00. The van der Waals surface area contributed by atoms with Crippen LogP contribution in [0.2, 0.25) is 0 Å². The first-order valence-electron chi connectivity index (χ1n) is 4.51. The summed E-state index contributed by atoms with van der Waals surface area (Å²) in [4.78, 5) is 13.0. The third kappa shape index (κ3) is 1.32. The average Bonchev–Trinajstić information content (AvgIpc) is 2.49. The van der Waals surface area contributed by atoms with Gasteiger partial charge in [0, 0.05) is 20.0 Å². The van der Waals surface area contributed by atoms with Gasteiger partial charge in [0.2, 0.25) is 5.91 Å². The van der Waals surface area contributed by atoms with Crippen LogP contribution in [0.25, 0.3) is 0 Å². The lowest BCUT2D eigenvalue weighted by Crippen LogP contribution is -2.21. The molecule has 0 N–H and O–H groups in total. The summed E-state index contributed by atoms with van der Waals surface area (Å²) in [6, 6.07) is 6.26. The topological polar surface area (TPSA) is 20.3 Å². The van der Waals surface area contributed by atoms with Crippen molar-refractivity contribution in [2.75, 3.05) is 0 Å². The fourth-order valence-electron chi connectivity index (χ4n) is 1.81. The van der Waals surface area contributed by atoms with Gasteiger partial charge in [0.05, 0.1) is 0 Å². The Bertz CT molecular complexity index is 357. The van der Waals surface area contributed by atoms with Crippen molar-refractivity contribution in [1.29, 1.82) is 0 Å². The SMILES string of the molecule is CC(=O)N1Cc2cccc(C)c2C1. The Morgan fingerprint density at radius 1 is 1.38 bits per heavy atom.